The summed E-state index contributed by atoms with van der Waals surface area (Å²) in [6, 6.07) is 4.58. The number of Topliss-reactive ketones (excluding diaryl/α,β-unsaturated/α-hetero) is 1. The first kappa shape index (κ1) is 13.1. The molecule has 0 amide bonds. The molecule has 0 spiro atoms. The third kappa shape index (κ3) is 3.26. The van der Waals surface area contributed by atoms with E-state index in [1.165, 1.54) is 12.1 Å². The molecule has 0 radical (unpaired) electrons. The number of rotatable bonds is 4. The van der Waals surface area contributed by atoms with Gasteiger partial charge in [0.15, 0.2) is 0 Å². The Morgan fingerprint density at radius 2 is 2.12 bits per heavy atom. The summed E-state index contributed by atoms with van der Waals surface area (Å²) in [4.78, 5) is 21.6. The van der Waals surface area contributed by atoms with E-state index in [2.05, 4.69) is 0 Å². The Kier molecular flexibility index (Phi) is 4.40. The topological polar surface area (TPSA) is 60.2 Å². The number of nitrogens with zero attached hydrogens (tertiary/aromatic N) is 1. The van der Waals surface area contributed by atoms with Crippen molar-refractivity contribution >= 4 is 34.1 Å². The Labute approximate surface area is 107 Å². The van der Waals surface area contributed by atoms with Crippen LogP contribution in [0.3, 0.4) is 0 Å². The number of hydrogen-bond acceptors (Lipinski definition) is 3. The number of carbonyl (C=O) groups excluding carboxylic acids is 1. The van der Waals surface area contributed by atoms with Crippen LogP contribution in [0, 0.1) is 19.6 Å². The summed E-state index contributed by atoms with van der Waals surface area (Å²) in [5, 5.41) is 10.5. The van der Waals surface area contributed by atoms with Crippen molar-refractivity contribution in [2.45, 2.75) is 20.3 Å². The van der Waals surface area contributed by atoms with Gasteiger partial charge in [-0.05, 0) is 28.2 Å². The second kappa shape index (κ2) is 5.38. The van der Waals surface area contributed by atoms with Crippen molar-refractivity contribution in [3.8, 4) is 0 Å². The highest BCUT2D eigenvalue weighted by atomic mass is 127. The van der Waals surface area contributed by atoms with E-state index in [1.807, 2.05) is 36.4 Å². The smallest absolute Gasteiger partial charge is 0.270 e. The fourth-order valence-electron chi connectivity index (χ4n) is 1.18. The van der Waals surface area contributed by atoms with Crippen molar-refractivity contribution in [1.82, 2.24) is 0 Å². The largest absolute Gasteiger partial charge is 0.299 e. The van der Waals surface area contributed by atoms with E-state index in [-0.39, 0.29) is 17.4 Å². The lowest BCUT2D eigenvalue weighted by Gasteiger charge is -2.06. The van der Waals surface area contributed by atoms with Gasteiger partial charge in [0.2, 0.25) is 0 Å². The minimum atomic E-state index is -0.434. The minimum Gasteiger partial charge on any atom is -0.299 e. The van der Waals surface area contributed by atoms with E-state index in [0.717, 1.165) is 9.13 Å². The molecule has 0 aliphatic carbocycles. The van der Waals surface area contributed by atoms with Crippen LogP contribution in [0.15, 0.2) is 18.2 Å². The number of benzene rings is 1. The highest BCUT2D eigenvalue weighted by molar-refractivity contribution is 14.1. The Hall–Kier alpha value is -0.980. The molecule has 16 heavy (non-hydrogen) atoms. The number of carbonyl (C=O) groups is 1. The maximum absolute atomic E-state index is 11.5. The molecule has 0 N–H and O–H groups in total. The van der Waals surface area contributed by atoms with Gasteiger partial charge >= 0.3 is 0 Å². The number of nitro groups is 1. The zero-order chi connectivity index (χ0) is 12.3. The van der Waals surface area contributed by atoms with Gasteiger partial charge in [-0.1, -0.05) is 19.9 Å². The van der Waals surface area contributed by atoms with Gasteiger partial charge in [0, 0.05) is 28.0 Å². The number of ketones is 1. The average Bonchev–Trinajstić information content (AvgIpc) is 2.20. The highest BCUT2D eigenvalue weighted by Crippen LogP contribution is 2.20. The molecule has 0 saturated heterocycles. The van der Waals surface area contributed by atoms with Crippen LogP contribution >= 0.6 is 22.6 Å². The summed E-state index contributed by atoms with van der Waals surface area (Å²) in [7, 11) is 0. The van der Waals surface area contributed by atoms with Crippen LogP contribution in [0.5, 0.6) is 0 Å². The zero-order valence-corrected chi connectivity index (χ0v) is 11.2. The van der Waals surface area contributed by atoms with Crippen LogP contribution < -0.4 is 0 Å². The molecule has 4 nitrogen and oxygen atoms in total. The molecule has 0 aromatic heterocycles. The molecule has 0 aliphatic rings. The maximum Gasteiger partial charge on any atom is 0.270 e. The summed E-state index contributed by atoms with van der Waals surface area (Å²) in [5.74, 6) is 0.137. The Morgan fingerprint density at radius 3 is 2.56 bits per heavy atom. The zero-order valence-electron chi connectivity index (χ0n) is 9.07. The third-order valence-electron chi connectivity index (χ3n) is 2.26. The summed E-state index contributed by atoms with van der Waals surface area (Å²) in [6.07, 6.45) is 0.341. The van der Waals surface area contributed by atoms with Crippen LogP contribution in [0.1, 0.15) is 19.4 Å². The van der Waals surface area contributed by atoms with Crippen molar-refractivity contribution < 1.29 is 9.72 Å². The van der Waals surface area contributed by atoms with E-state index in [9.17, 15) is 14.9 Å². The molecule has 0 heterocycles. The lowest BCUT2D eigenvalue weighted by Crippen LogP contribution is -2.11. The number of nitro benzene ring substituents is 1. The van der Waals surface area contributed by atoms with E-state index >= 15 is 0 Å². The molecule has 0 aliphatic heterocycles. The Morgan fingerprint density at radius 1 is 1.50 bits per heavy atom. The van der Waals surface area contributed by atoms with Crippen LogP contribution in [-0.4, -0.2) is 10.7 Å². The molecule has 5 heteroatoms. The van der Waals surface area contributed by atoms with E-state index in [4.69, 9.17) is 0 Å². The monoisotopic (exact) mass is 333 g/mol. The summed E-state index contributed by atoms with van der Waals surface area (Å²) in [5.41, 5.74) is 0.912. The van der Waals surface area contributed by atoms with Gasteiger partial charge in [-0.15, -0.1) is 0 Å². The highest BCUT2D eigenvalue weighted by Gasteiger charge is 2.13. The fraction of sp³-hybridized carbons (Fsp3) is 0.364. The fourth-order valence-corrected chi connectivity index (χ4v) is 1.87. The second-order valence-corrected chi connectivity index (χ2v) is 4.99. The van der Waals surface area contributed by atoms with Gasteiger partial charge in [-0.2, -0.15) is 0 Å². The van der Waals surface area contributed by atoms with Crippen molar-refractivity contribution in [1.29, 1.82) is 0 Å². The van der Waals surface area contributed by atoms with E-state index < -0.39 is 4.92 Å². The van der Waals surface area contributed by atoms with E-state index in [0.29, 0.717) is 6.42 Å². The average molecular weight is 333 g/mol. The van der Waals surface area contributed by atoms with Crippen LogP contribution in [-0.2, 0) is 11.2 Å². The molecule has 1 rings (SSSR count). The van der Waals surface area contributed by atoms with Crippen molar-refractivity contribution in [2.75, 3.05) is 0 Å². The quantitative estimate of drug-likeness (QED) is 0.483. The minimum absolute atomic E-state index is 0.00834. The number of halogens is 1. The molecule has 1 aromatic carbocycles. The van der Waals surface area contributed by atoms with Crippen LogP contribution in [0.25, 0.3) is 0 Å². The molecule has 0 saturated carbocycles. The molecule has 86 valence electrons. The van der Waals surface area contributed by atoms with Crippen molar-refractivity contribution in [2.24, 2.45) is 5.92 Å². The molecular formula is C11H12INO3. The first-order chi connectivity index (χ1) is 7.41. The normalized spacial score (nSPS) is 10.5. The molecule has 0 bridgehead atoms. The van der Waals surface area contributed by atoms with Gasteiger partial charge in [-0.25, -0.2) is 0 Å². The molecule has 0 fully saturated rings. The number of hydrogen-bond donors (Lipinski definition) is 0. The predicted octanol–water partition coefficient (Wildman–Crippen LogP) is 2.97. The molecular weight excluding hydrogens is 321 g/mol. The standard InChI is InChI=1S/C11H12INO3/c1-7(2)11(14)5-8-3-4-9(13(15)16)6-10(8)12/h3-4,6-7H,5H2,1-2H3. The van der Waals surface area contributed by atoms with Crippen LogP contribution in [0.4, 0.5) is 5.69 Å². The van der Waals surface area contributed by atoms with Gasteiger partial charge in [-0.3, -0.25) is 14.9 Å². The van der Waals surface area contributed by atoms with E-state index in [1.54, 1.807) is 6.07 Å². The van der Waals surface area contributed by atoms with Gasteiger partial charge in [0.05, 0.1) is 4.92 Å². The van der Waals surface area contributed by atoms with Crippen molar-refractivity contribution in [3.05, 3.63) is 37.4 Å². The SMILES string of the molecule is CC(C)C(=O)Cc1ccc([N+](=O)[O-])cc1I. The van der Waals surface area contributed by atoms with Gasteiger partial charge < -0.3 is 0 Å². The lowest BCUT2D eigenvalue weighted by molar-refractivity contribution is -0.385. The molecule has 0 atom stereocenters. The van der Waals surface area contributed by atoms with Crippen LogP contribution in [0.2, 0.25) is 0 Å². The Balaban J connectivity index is 2.91. The molecule has 1 aromatic rings. The maximum atomic E-state index is 11.5. The lowest BCUT2D eigenvalue weighted by atomic mass is 10.0. The van der Waals surface area contributed by atoms with Gasteiger partial charge in [0.25, 0.3) is 5.69 Å². The predicted molar refractivity (Wildman–Crippen MR) is 69.4 cm³/mol. The van der Waals surface area contributed by atoms with Crippen molar-refractivity contribution in [3.63, 3.8) is 0 Å². The van der Waals surface area contributed by atoms with Gasteiger partial charge in [0.1, 0.15) is 5.78 Å². The summed E-state index contributed by atoms with van der Waals surface area (Å²) < 4.78 is 0.765. The Bertz CT molecular complexity index is 429. The molecule has 0 unspecified atom stereocenters. The second-order valence-electron chi connectivity index (χ2n) is 3.83. The summed E-state index contributed by atoms with van der Waals surface area (Å²) in [6.45, 7) is 3.70. The summed E-state index contributed by atoms with van der Waals surface area (Å²) >= 11 is 2.02. The first-order valence-electron chi connectivity index (χ1n) is 4.87. The first-order valence-corrected chi connectivity index (χ1v) is 5.95. The third-order valence-corrected chi connectivity index (χ3v) is 3.26. The number of non-ortho nitro benzene ring substituents is 1.